The number of hydrogen-bond acceptors (Lipinski definition) is 5. The maximum Gasteiger partial charge on any atom is 0.416 e. The SMILES string of the molecule is N#Cc1ccc(OCC(=O)Nc2cc(C(F)(F)F)ccc2N2CCOCC2)cc1. The first-order valence-electron chi connectivity index (χ1n) is 8.83. The molecule has 1 amide bonds. The summed E-state index contributed by atoms with van der Waals surface area (Å²) in [5.74, 6) is -0.222. The van der Waals surface area contributed by atoms with Crippen LogP contribution < -0.4 is 15.0 Å². The van der Waals surface area contributed by atoms with E-state index in [0.717, 1.165) is 12.1 Å². The summed E-state index contributed by atoms with van der Waals surface area (Å²) in [5, 5.41) is 11.3. The number of nitrogens with zero attached hydrogens (tertiary/aromatic N) is 2. The molecule has 0 saturated carbocycles. The third-order valence-electron chi connectivity index (χ3n) is 4.30. The molecule has 1 fully saturated rings. The Kier molecular flexibility index (Phi) is 6.24. The lowest BCUT2D eigenvalue weighted by Gasteiger charge is -2.31. The van der Waals surface area contributed by atoms with Gasteiger partial charge in [-0.3, -0.25) is 4.79 Å². The Labute approximate surface area is 165 Å². The molecule has 0 unspecified atom stereocenters. The summed E-state index contributed by atoms with van der Waals surface area (Å²) in [6.45, 7) is 1.54. The molecule has 3 rings (SSSR count). The van der Waals surface area contributed by atoms with Crippen molar-refractivity contribution >= 4 is 17.3 Å². The fourth-order valence-corrected chi connectivity index (χ4v) is 2.85. The first-order chi connectivity index (χ1) is 13.9. The first-order valence-corrected chi connectivity index (χ1v) is 8.83. The molecular formula is C20H18F3N3O3. The summed E-state index contributed by atoms with van der Waals surface area (Å²) in [5.41, 5.74) is 0.155. The summed E-state index contributed by atoms with van der Waals surface area (Å²) >= 11 is 0. The molecule has 1 aliphatic rings. The fraction of sp³-hybridized carbons (Fsp3) is 0.300. The Morgan fingerprint density at radius 3 is 2.48 bits per heavy atom. The lowest BCUT2D eigenvalue weighted by molar-refractivity contribution is -0.137. The first kappa shape index (κ1) is 20.5. The van der Waals surface area contributed by atoms with Gasteiger partial charge in [-0.05, 0) is 42.5 Å². The normalized spacial score (nSPS) is 14.2. The van der Waals surface area contributed by atoms with Crippen LogP contribution in [0, 0.1) is 11.3 Å². The average Bonchev–Trinajstić information content (AvgIpc) is 2.72. The van der Waals surface area contributed by atoms with Gasteiger partial charge in [-0.25, -0.2) is 0 Å². The van der Waals surface area contributed by atoms with Crippen LogP contribution in [0.1, 0.15) is 11.1 Å². The number of hydrogen-bond donors (Lipinski definition) is 1. The second kappa shape index (κ2) is 8.84. The van der Waals surface area contributed by atoms with E-state index in [1.807, 2.05) is 11.0 Å². The highest BCUT2D eigenvalue weighted by atomic mass is 19.4. The number of anilines is 2. The Morgan fingerprint density at radius 1 is 1.17 bits per heavy atom. The summed E-state index contributed by atoms with van der Waals surface area (Å²) in [4.78, 5) is 14.2. The molecule has 0 radical (unpaired) electrons. The van der Waals surface area contributed by atoms with Gasteiger partial charge in [0, 0.05) is 13.1 Å². The Balaban J connectivity index is 1.74. The third-order valence-corrected chi connectivity index (χ3v) is 4.30. The van der Waals surface area contributed by atoms with E-state index in [0.29, 0.717) is 43.3 Å². The van der Waals surface area contributed by atoms with Gasteiger partial charge in [-0.1, -0.05) is 0 Å². The van der Waals surface area contributed by atoms with Crippen LogP contribution in [0.3, 0.4) is 0 Å². The van der Waals surface area contributed by atoms with Crippen molar-refractivity contribution in [3.8, 4) is 11.8 Å². The average molecular weight is 405 g/mol. The summed E-state index contributed by atoms with van der Waals surface area (Å²) in [7, 11) is 0. The van der Waals surface area contributed by atoms with Crippen LogP contribution in [0.5, 0.6) is 5.75 Å². The maximum absolute atomic E-state index is 13.1. The molecule has 152 valence electrons. The molecule has 2 aromatic carbocycles. The van der Waals surface area contributed by atoms with Gasteiger partial charge in [0.15, 0.2) is 6.61 Å². The standard InChI is InChI=1S/C20H18F3N3O3/c21-20(22,23)15-3-6-18(26-7-9-28-10-8-26)17(11-15)25-19(27)13-29-16-4-1-14(12-24)2-5-16/h1-6,11H,7-10,13H2,(H,25,27). The van der Waals surface area contributed by atoms with E-state index in [-0.39, 0.29) is 12.3 Å². The van der Waals surface area contributed by atoms with Gasteiger partial charge in [0.2, 0.25) is 0 Å². The quantitative estimate of drug-likeness (QED) is 0.825. The van der Waals surface area contributed by atoms with Gasteiger partial charge >= 0.3 is 6.18 Å². The Bertz CT molecular complexity index is 902. The zero-order chi connectivity index (χ0) is 20.9. The highest BCUT2D eigenvalue weighted by Crippen LogP contribution is 2.35. The van der Waals surface area contributed by atoms with Gasteiger partial charge in [0.05, 0.1) is 41.8 Å². The van der Waals surface area contributed by atoms with Gasteiger partial charge in [-0.2, -0.15) is 18.4 Å². The molecule has 2 aromatic rings. The smallest absolute Gasteiger partial charge is 0.416 e. The monoisotopic (exact) mass is 405 g/mol. The number of benzene rings is 2. The molecule has 0 aromatic heterocycles. The Hall–Kier alpha value is -3.25. The minimum atomic E-state index is -4.53. The molecular weight excluding hydrogens is 387 g/mol. The van der Waals surface area contributed by atoms with Crippen molar-refractivity contribution in [2.45, 2.75) is 6.18 Å². The molecule has 0 bridgehead atoms. The molecule has 1 N–H and O–H groups in total. The number of amides is 1. The Morgan fingerprint density at radius 2 is 1.86 bits per heavy atom. The van der Waals surface area contributed by atoms with Gasteiger partial charge in [0.25, 0.3) is 5.91 Å². The van der Waals surface area contributed by atoms with Crippen LogP contribution in [-0.4, -0.2) is 38.8 Å². The van der Waals surface area contributed by atoms with E-state index >= 15 is 0 Å². The second-order valence-corrected chi connectivity index (χ2v) is 6.30. The van der Waals surface area contributed by atoms with Crippen LogP contribution >= 0.6 is 0 Å². The summed E-state index contributed by atoms with van der Waals surface area (Å²) in [6, 6.07) is 11.4. The van der Waals surface area contributed by atoms with Crippen molar-refractivity contribution in [3.05, 3.63) is 53.6 Å². The lowest BCUT2D eigenvalue weighted by Crippen LogP contribution is -2.37. The van der Waals surface area contributed by atoms with Crippen LogP contribution in [0.15, 0.2) is 42.5 Å². The molecule has 1 heterocycles. The zero-order valence-electron chi connectivity index (χ0n) is 15.3. The predicted octanol–water partition coefficient (Wildman–Crippen LogP) is 3.43. The summed E-state index contributed by atoms with van der Waals surface area (Å²) in [6.07, 6.45) is -4.53. The fourth-order valence-electron chi connectivity index (χ4n) is 2.85. The number of nitriles is 1. The van der Waals surface area contributed by atoms with Crippen molar-refractivity contribution in [2.24, 2.45) is 0 Å². The molecule has 9 heteroatoms. The van der Waals surface area contributed by atoms with E-state index < -0.39 is 17.6 Å². The maximum atomic E-state index is 13.1. The van der Waals surface area contributed by atoms with Crippen LogP contribution in [-0.2, 0) is 15.7 Å². The molecule has 0 atom stereocenters. The van der Waals surface area contributed by atoms with Crippen molar-refractivity contribution in [1.82, 2.24) is 0 Å². The highest BCUT2D eigenvalue weighted by molar-refractivity contribution is 5.95. The highest BCUT2D eigenvalue weighted by Gasteiger charge is 2.32. The number of rotatable bonds is 5. The van der Waals surface area contributed by atoms with E-state index in [2.05, 4.69) is 5.32 Å². The van der Waals surface area contributed by atoms with Gasteiger partial charge < -0.3 is 19.7 Å². The molecule has 29 heavy (non-hydrogen) atoms. The van der Waals surface area contributed by atoms with Crippen LogP contribution in [0.25, 0.3) is 0 Å². The summed E-state index contributed by atoms with van der Waals surface area (Å²) < 4.78 is 50.0. The molecule has 1 aliphatic heterocycles. The van der Waals surface area contributed by atoms with E-state index in [9.17, 15) is 18.0 Å². The number of carbonyl (C=O) groups is 1. The minimum Gasteiger partial charge on any atom is -0.484 e. The number of morpholine rings is 1. The number of carbonyl (C=O) groups excluding carboxylic acids is 1. The van der Waals surface area contributed by atoms with E-state index in [1.54, 1.807) is 0 Å². The lowest BCUT2D eigenvalue weighted by atomic mass is 10.1. The van der Waals surface area contributed by atoms with Crippen molar-refractivity contribution in [3.63, 3.8) is 0 Å². The van der Waals surface area contributed by atoms with Crippen LogP contribution in [0.4, 0.5) is 24.5 Å². The topological polar surface area (TPSA) is 74.6 Å². The van der Waals surface area contributed by atoms with Gasteiger partial charge in [-0.15, -0.1) is 0 Å². The van der Waals surface area contributed by atoms with Gasteiger partial charge in [0.1, 0.15) is 5.75 Å². The third kappa shape index (κ3) is 5.39. The number of nitrogens with one attached hydrogen (secondary N) is 1. The largest absolute Gasteiger partial charge is 0.484 e. The van der Waals surface area contributed by atoms with E-state index in [1.165, 1.54) is 30.3 Å². The molecule has 1 saturated heterocycles. The molecule has 6 nitrogen and oxygen atoms in total. The van der Waals surface area contributed by atoms with Crippen molar-refractivity contribution in [2.75, 3.05) is 43.1 Å². The predicted molar refractivity (Wildman–Crippen MR) is 99.8 cm³/mol. The minimum absolute atomic E-state index is 0.0650. The van der Waals surface area contributed by atoms with E-state index in [4.69, 9.17) is 14.7 Å². The van der Waals surface area contributed by atoms with Crippen LogP contribution in [0.2, 0.25) is 0 Å². The van der Waals surface area contributed by atoms with Crippen molar-refractivity contribution in [1.29, 1.82) is 5.26 Å². The number of ether oxygens (including phenoxy) is 2. The zero-order valence-corrected chi connectivity index (χ0v) is 15.3. The number of halogens is 3. The second-order valence-electron chi connectivity index (χ2n) is 6.30. The molecule has 0 aliphatic carbocycles. The molecule has 0 spiro atoms. The number of alkyl halides is 3. The van der Waals surface area contributed by atoms with Crippen molar-refractivity contribution < 1.29 is 27.4 Å².